The topological polar surface area (TPSA) is 63.5 Å². The highest BCUT2D eigenvalue weighted by molar-refractivity contribution is 6.04. The summed E-state index contributed by atoms with van der Waals surface area (Å²) in [6, 6.07) is 21.0. The van der Waals surface area contributed by atoms with E-state index < -0.39 is 6.23 Å². The summed E-state index contributed by atoms with van der Waals surface area (Å²) in [6.07, 6.45) is 0.180. The fourth-order valence-electron chi connectivity index (χ4n) is 4.23. The Kier molecular flexibility index (Phi) is 4.47. The van der Waals surface area contributed by atoms with Gasteiger partial charge in [-0.25, -0.2) is 5.01 Å². The maximum absolute atomic E-state index is 10.4. The van der Waals surface area contributed by atoms with Crippen LogP contribution in [0.4, 0.5) is 0 Å². The summed E-state index contributed by atoms with van der Waals surface area (Å²) >= 11 is 0. The van der Waals surface area contributed by atoms with Crippen LogP contribution < -0.4 is 14.2 Å². The first-order chi connectivity index (χ1) is 14.7. The molecule has 3 aromatic carbocycles. The second kappa shape index (κ2) is 7.30. The first kappa shape index (κ1) is 18.4. The highest BCUT2D eigenvalue weighted by Crippen LogP contribution is 2.50. The predicted octanol–water partition coefficient (Wildman–Crippen LogP) is 4.65. The molecule has 0 saturated heterocycles. The molecular weight excluding hydrogens is 380 g/mol. The van der Waals surface area contributed by atoms with Crippen molar-refractivity contribution < 1.29 is 19.3 Å². The predicted molar refractivity (Wildman–Crippen MR) is 113 cm³/mol. The number of para-hydroxylation sites is 3. The number of nitrogens with zero attached hydrogens (tertiary/aromatic N) is 2. The molecule has 0 amide bonds. The monoisotopic (exact) mass is 402 g/mol. The summed E-state index contributed by atoms with van der Waals surface area (Å²) in [5.41, 5.74) is 3.47. The standard InChI is InChI=1S/C24H22N2O4/c1-28-22-13-7-10-17(23(22)29-2)24-26-19(16-9-4-6-12-21(16)30-24)14-18(25-26)15-8-3-5-11-20(15)27/h3-13,19,24,27H,14H2,1-2H3/t19-,24+/m0/s1. The second-order valence-electron chi connectivity index (χ2n) is 7.25. The van der Waals surface area contributed by atoms with Gasteiger partial charge in [-0.1, -0.05) is 36.4 Å². The maximum atomic E-state index is 10.4. The molecule has 0 aromatic heterocycles. The molecule has 3 aromatic rings. The number of fused-ring (bicyclic) bond motifs is 3. The van der Waals surface area contributed by atoms with E-state index >= 15 is 0 Å². The van der Waals surface area contributed by atoms with Crippen LogP contribution in [0.2, 0.25) is 0 Å². The maximum Gasteiger partial charge on any atom is 0.217 e. The van der Waals surface area contributed by atoms with Crippen LogP contribution in [0.15, 0.2) is 71.8 Å². The molecule has 0 saturated carbocycles. The molecular formula is C24H22N2O4. The van der Waals surface area contributed by atoms with Gasteiger partial charge in [-0.05, 0) is 30.3 Å². The molecule has 0 aliphatic carbocycles. The van der Waals surface area contributed by atoms with Crippen LogP contribution in [0.3, 0.4) is 0 Å². The highest BCUT2D eigenvalue weighted by atomic mass is 16.5. The number of methoxy groups -OCH3 is 2. The number of phenolic OH excluding ortho intramolecular Hbond substituents is 1. The summed E-state index contributed by atoms with van der Waals surface area (Å²) in [5, 5.41) is 17.2. The van der Waals surface area contributed by atoms with Gasteiger partial charge < -0.3 is 19.3 Å². The van der Waals surface area contributed by atoms with Crippen LogP contribution >= 0.6 is 0 Å². The van der Waals surface area contributed by atoms with Crippen LogP contribution in [-0.2, 0) is 0 Å². The van der Waals surface area contributed by atoms with Gasteiger partial charge in [0, 0.05) is 17.5 Å². The molecule has 2 atom stereocenters. The van der Waals surface area contributed by atoms with Crippen LogP contribution in [0, 0.1) is 0 Å². The van der Waals surface area contributed by atoms with E-state index in [-0.39, 0.29) is 11.8 Å². The normalized spacial score (nSPS) is 19.4. The molecule has 5 rings (SSSR count). The molecule has 6 heteroatoms. The highest BCUT2D eigenvalue weighted by Gasteiger charge is 2.42. The third-order valence-electron chi connectivity index (χ3n) is 5.61. The van der Waals surface area contributed by atoms with E-state index in [0.29, 0.717) is 17.9 Å². The lowest BCUT2D eigenvalue weighted by molar-refractivity contribution is -0.0205. The van der Waals surface area contributed by atoms with E-state index in [1.807, 2.05) is 59.6 Å². The first-order valence-electron chi connectivity index (χ1n) is 9.82. The number of phenols is 1. The quantitative estimate of drug-likeness (QED) is 0.688. The largest absolute Gasteiger partial charge is 0.507 e. The van der Waals surface area contributed by atoms with E-state index in [2.05, 4.69) is 6.07 Å². The number of hydrazone groups is 1. The first-order valence-corrected chi connectivity index (χ1v) is 9.82. The van der Waals surface area contributed by atoms with Crippen LogP contribution in [-0.4, -0.2) is 30.0 Å². The minimum atomic E-state index is -0.488. The molecule has 0 radical (unpaired) electrons. The van der Waals surface area contributed by atoms with Crippen molar-refractivity contribution in [3.05, 3.63) is 83.4 Å². The fourth-order valence-corrected chi connectivity index (χ4v) is 4.23. The van der Waals surface area contributed by atoms with Crippen molar-refractivity contribution in [2.75, 3.05) is 14.2 Å². The van der Waals surface area contributed by atoms with E-state index in [1.54, 1.807) is 20.3 Å². The molecule has 0 bridgehead atoms. The van der Waals surface area contributed by atoms with Gasteiger partial charge in [-0.3, -0.25) is 0 Å². The van der Waals surface area contributed by atoms with E-state index in [0.717, 1.165) is 28.2 Å². The minimum Gasteiger partial charge on any atom is -0.507 e. The Labute approximate surface area is 174 Å². The third-order valence-corrected chi connectivity index (χ3v) is 5.61. The van der Waals surface area contributed by atoms with Crippen LogP contribution in [0.1, 0.15) is 35.4 Å². The Balaban J connectivity index is 1.65. The van der Waals surface area contributed by atoms with E-state index in [4.69, 9.17) is 19.3 Å². The lowest BCUT2D eigenvalue weighted by Gasteiger charge is -2.38. The number of hydrogen-bond donors (Lipinski definition) is 1. The molecule has 2 heterocycles. The molecule has 30 heavy (non-hydrogen) atoms. The Morgan fingerprint density at radius 2 is 1.70 bits per heavy atom. The molecule has 0 fully saturated rings. The van der Waals surface area contributed by atoms with Gasteiger partial charge in [0.2, 0.25) is 6.23 Å². The molecule has 152 valence electrons. The zero-order chi connectivity index (χ0) is 20.7. The smallest absolute Gasteiger partial charge is 0.217 e. The summed E-state index contributed by atoms with van der Waals surface area (Å²) in [4.78, 5) is 0. The fraction of sp³-hybridized carbons (Fsp3) is 0.208. The second-order valence-corrected chi connectivity index (χ2v) is 7.25. The van der Waals surface area contributed by atoms with Crippen molar-refractivity contribution >= 4 is 5.71 Å². The van der Waals surface area contributed by atoms with Gasteiger partial charge in [0.1, 0.15) is 11.5 Å². The molecule has 2 aliphatic rings. The number of hydrogen-bond acceptors (Lipinski definition) is 6. The van der Waals surface area contributed by atoms with Gasteiger partial charge in [-0.2, -0.15) is 5.10 Å². The molecule has 0 unspecified atom stereocenters. The van der Waals surface area contributed by atoms with E-state index in [9.17, 15) is 5.11 Å². The molecule has 1 N–H and O–H groups in total. The van der Waals surface area contributed by atoms with Crippen molar-refractivity contribution in [3.63, 3.8) is 0 Å². The average Bonchev–Trinajstić information content (AvgIpc) is 3.23. The third kappa shape index (κ3) is 2.84. The van der Waals surface area contributed by atoms with Crippen molar-refractivity contribution in [2.45, 2.75) is 18.7 Å². The van der Waals surface area contributed by atoms with Crippen LogP contribution in [0.25, 0.3) is 0 Å². The molecule has 0 spiro atoms. The zero-order valence-corrected chi connectivity index (χ0v) is 16.8. The van der Waals surface area contributed by atoms with Crippen molar-refractivity contribution in [2.24, 2.45) is 5.10 Å². The van der Waals surface area contributed by atoms with Crippen molar-refractivity contribution in [1.82, 2.24) is 5.01 Å². The van der Waals surface area contributed by atoms with Crippen molar-refractivity contribution in [3.8, 4) is 23.0 Å². The Morgan fingerprint density at radius 1 is 0.933 bits per heavy atom. The minimum absolute atomic E-state index is 0.00883. The summed E-state index contributed by atoms with van der Waals surface area (Å²) in [7, 11) is 3.24. The average molecular weight is 402 g/mol. The van der Waals surface area contributed by atoms with Gasteiger partial charge >= 0.3 is 0 Å². The number of benzene rings is 3. The van der Waals surface area contributed by atoms with Gasteiger partial charge in [-0.15, -0.1) is 0 Å². The number of aromatic hydroxyl groups is 1. The van der Waals surface area contributed by atoms with Gasteiger partial charge in [0.15, 0.2) is 11.5 Å². The summed E-state index contributed by atoms with van der Waals surface area (Å²) < 4.78 is 17.6. The number of ether oxygens (including phenoxy) is 3. The van der Waals surface area contributed by atoms with Gasteiger partial charge in [0.25, 0.3) is 0 Å². The number of rotatable bonds is 4. The SMILES string of the molecule is COc1cccc([C@H]2Oc3ccccc3[C@@H]3CC(c4ccccc4O)=NN23)c1OC. The summed E-state index contributed by atoms with van der Waals surface area (Å²) in [6.45, 7) is 0. The van der Waals surface area contributed by atoms with Crippen molar-refractivity contribution in [1.29, 1.82) is 0 Å². The van der Waals surface area contributed by atoms with E-state index in [1.165, 1.54) is 0 Å². The molecule has 6 nitrogen and oxygen atoms in total. The lowest BCUT2D eigenvalue weighted by atomic mass is 9.95. The summed E-state index contributed by atoms with van der Waals surface area (Å²) in [5.74, 6) is 2.30. The van der Waals surface area contributed by atoms with Crippen LogP contribution in [0.5, 0.6) is 23.0 Å². The Morgan fingerprint density at radius 3 is 2.50 bits per heavy atom. The Bertz CT molecular complexity index is 1130. The van der Waals surface area contributed by atoms with Gasteiger partial charge in [0.05, 0.1) is 31.5 Å². The molecule has 2 aliphatic heterocycles. The lowest BCUT2D eigenvalue weighted by Crippen LogP contribution is -2.34. The zero-order valence-electron chi connectivity index (χ0n) is 16.8. The Hall–Kier alpha value is -3.67.